The predicted octanol–water partition coefficient (Wildman–Crippen LogP) is 2.41. The van der Waals surface area contributed by atoms with Crippen LogP contribution in [0.3, 0.4) is 0 Å². The molecule has 0 N–H and O–H groups in total. The van der Waals surface area contributed by atoms with Crippen molar-refractivity contribution in [2.24, 2.45) is 0 Å². The molecule has 1 unspecified atom stereocenters. The van der Waals surface area contributed by atoms with Gasteiger partial charge in [-0.25, -0.2) is 0 Å². The van der Waals surface area contributed by atoms with Crippen LogP contribution in [0.15, 0.2) is 30.3 Å². The summed E-state index contributed by atoms with van der Waals surface area (Å²) in [6, 6.07) is 9.59. The molecule has 18 heavy (non-hydrogen) atoms. The predicted molar refractivity (Wildman–Crippen MR) is 73.9 cm³/mol. The van der Waals surface area contributed by atoms with E-state index in [4.69, 9.17) is 0 Å². The van der Waals surface area contributed by atoms with Crippen LogP contribution in [-0.2, 0) is 9.59 Å². The number of amides is 2. The second-order valence-electron chi connectivity index (χ2n) is 6.05. The number of imide groups is 1. The van der Waals surface area contributed by atoms with Gasteiger partial charge in [-0.1, -0.05) is 50.0 Å². The van der Waals surface area contributed by atoms with E-state index < -0.39 is 8.07 Å². The van der Waals surface area contributed by atoms with E-state index in [1.165, 1.54) is 4.90 Å². The van der Waals surface area contributed by atoms with E-state index in [1.54, 1.807) is 0 Å². The van der Waals surface area contributed by atoms with Crippen LogP contribution < -0.4 is 0 Å². The maximum Gasteiger partial charge on any atom is 0.236 e. The lowest BCUT2D eigenvalue weighted by Gasteiger charge is -2.23. The van der Waals surface area contributed by atoms with Gasteiger partial charge in [0.25, 0.3) is 0 Å². The third-order valence-electron chi connectivity index (χ3n) is 3.08. The first-order valence-corrected chi connectivity index (χ1v) is 9.98. The van der Waals surface area contributed by atoms with Gasteiger partial charge in [0, 0.05) is 12.6 Å². The van der Waals surface area contributed by atoms with Crippen molar-refractivity contribution >= 4 is 19.9 Å². The summed E-state index contributed by atoms with van der Waals surface area (Å²) in [5, 5.41) is 0. The number of carbonyl (C=O) groups excluding carboxylic acids is 2. The normalized spacial score (nSPS) is 20.6. The van der Waals surface area contributed by atoms with E-state index in [9.17, 15) is 9.59 Å². The van der Waals surface area contributed by atoms with Crippen molar-refractivity contribution in [2.45, 2.75) is 32.0 Å². The monoisotopic (exact) mass is 261 g/mol. The standard InChI is InChI=1S/C14H19NO2Si/c1-18(2,3)10-15-13(16)9-12(14(15)17)11-7-5-4-6-8-11/h4-8,12H,9-10H2,1-3H3. The molecular weight excluding hydrogens is 242 g/mol. The van der Waals surface area contributed by atoms with Crippen LogP contribution in [-0.4, -0.2) is 31.0 Å². The second kappa shape index (κ2) is 4.69. The van der Waals surface area contributed by atoms with Gasteiger partial charge in [0.1, 0.15) is 0 Å². The molecule has 2 amide bonds. The molecule has 1 aromatic carbocycles. The van der Waals surface area contributed by atoms with Crippen molar-refractivity contribution in [3.8, 4) is 0 Å². The average molecular weight is 261 g/mol. The summed E-state index contributed by atoms with van der Waals surface area (Å²) in [4.78, 5) is 25.8. The molecule has 1 aliphatic rings. The number of carbonyl (C=O) groups is 2. The average Bonchev–Trinajstić information content (AvgIpc) is 2.56. The summed E-state index contributed by atoms with van der Waals surface area (Å²) >= 11 is 0. The Morgan fingerprint density at radius 3 is 2.33 bits per heavy atom. The van der Waals surface area contributed by atoms with E-state index in [0.717, 1.165) is 5.56 Å². The molecule has 3 nitrogen and oxygen atoms in total. The molecule has 0 spiro atoms. The fourth-order valence-corrected chi connectivity index (χ4v) is 3.55. The Balaban J connectivity index is 2.20. The van der Waals surface area contributed by atoms with Crippen LogP contribution in [0.2, 0.25) is 19.6 Å². The molecule has 1 aliphatic heterocycles. The maximum absolute atomic E-state index is 12.3. The van der Waals surface area contributed by atoms with E-state index in [0.29, 0.717) is 12.6 Å². The Hall–Kier alpha value is -1.42. The summed E-state index contributed by atoms with van der Waals surface area (Å²) < 4.78 is 0. The number of hydrogen-bond donors (Lipinski definition) is 0. The minimum Gasteiger partial charge on any atom is -0.285 e. The molecule has 0 bridgehead atoms. The van der Waals surface area contributed by atoms with Crippen molar-refractivity contribution in [3.63, 3.8) is 0 Å². The Morgan fingerprint density at radius 1 is 1.17 bits per heavy atom. The molecule has 0 aliphatic carbocycles. The lowest BCUT2D eigenvalue weighted by molar-refractivity contribution is -0.137. The lowest BCUT2D eigenvalue weighted by atomic mass is 9.98. The molecule has 0 saturated carbocycles. The Labute approximate surface area is 109 Å². The molecule has 0 aromatic heterocycles. The number of likely N-dealkylation sites (tertiary alicyclic amines) is 1. The first-order valence-electron chi connectivity index (χ1n) is 6.28. The van der Waals surface area contributed by atoms with E-state index in [-0.39, 0.29) is 17.7 Å². The highest BCUT2D eigenvalue weighted by Gasteiger charge is 2.40. The van der Waals surface area contributed by atoms with Crippen LogP contribution in [0.25, 0.3) is 0 Å². The van der Waals surface area contributed by atoms with Crippen molar-refractivity contribution in [1.29, 1.82) is 0 Å². The van der Waals surface area contributed by atoms with Crippen LogP contribution in [0, 0.1) is 0 Å². The number of rotatable bonds is 3. The quantitative estimate of drug-likeness (QED) is 0.619. The molecule has 2 rings (SSSR count). The zero-order valence-corrected chi connectivity index (χ0v) is 12.1. The summed E-state index contributed by atoms with van der Waals surface area (Å²) in [6.07, 6.45) is 0.960. The lowest BCUT2D eigenvalue weighted by Crippen LogP contribution is -2.43. The van der Waals surface area contributed by atoms with Gasteiger partial charge in [-0.2, -0.15) is 0 Å². The van der Waals surface area contributed by atoms with Gasteiger partial charge in [0.2, 0.25) is 11.8 Å². The van der Waals surface area contributed by atoms with Gasteiger partial charge in [0.15, 0.2) is 0 Å². The largest absolute Gasteiger partial charge is 0.285 e. The van der Waals surface area contributed by atoms with Crippen LogP contribution in [0.1, 0.15) is 17.9 Å². The molecule has 1 saturated heterocycles. The molecular formula is C14H19NO2Si. The van der Waals surface area contributed by atoms with Gasteiger partial charge in [0.05, 0.1) is 14.0 Å². The zero-order chi connectivity index (χ0) is 13.3. The highest BCUT2D eigenvalue weighted by Crippen LogP contribution is 2.30. The van der Waals surface area contributed by atoms with Crippen molar-refractivity contribution in [1.82, 2.24) is 4.90 Å². The second-order valence-corrected chi connectivity index (χ2v) is 11.5. The highest BCUT2D eigenvalue weighted by atomic mass is 28.3. The molecule has 1 atom stereocenters. The van der Waals surface area contributed by atoms with Gasteiger partial charge < -0.3 is 0 Å². The van der Waals surface area contributed by atoms with Crippen LogP contribution >= 0.6 is 0 Å². The smallest absolute Gasteiger partial charge is 0.236 e. The Bertz CT molecular complexity index is 464. The fourth-order valence-electron chi connectivity index (χ4n) is 2.27. The number of nitrogens with zero attached hydrogens (tertiary/aromatic N) is 1. The molecule has 4 heteroatoms. The highest BCUT2D eigenvalue weighted by molar-refractivity contribution is 6.76. The number of benzene rings is 1. The van der Waals surface area contributed by atoms with E-state index in [2.05, 4.69) is 19.6 Å². The third kappa shape index (κ3) is 2.69. The summed E-state index contributed by atoms with van der Waals surface area (Å²) in [6.45, 7) is 6.51. The SMILES string of the molecule is C[Si](C)(C)CN1C(=O)CC(c2ccccc2)C1=O. The van der Waals surface area contributed by atoms with Gasteiger partial charge in [-0.05, 0) is 5.56 Å². The topological polar surface area (TPSA) is 37.4 Å². The Morgan fingerprint density at radius 2 is 1.78 bits per heavy atom. The van der Waals surface area contributed by atoms with Crippen molar-refractivity contribution in [2.75, 3.05) is 6.17 Å². The summed E-state index contributed by atoms with van der Waals surface area (Å²) in [5.74, 6) is -0.306. The van der Waals surface area contributed by atoms with Gasteiger partial charge >= 0.3 is 0 Å². The molecule has 0 radical (unpaired) electrons. The molecule has 1 heterocycles. The molecule has 1 fully saturated rings. The fraction of sp³-hybridized carbons (Fsp3) is 0.429. The van der Waals surface area contributed by atoms with E-state index >= 15 is 0 Å². The molecule has 1 aromatic rings. The van der Waals surface area contributed by atoms with Crippen molar-refractivity contribution in [3.05, 3.63) is 35.9 Å². The first-order chi connectivity index (χ1) is 8.38. The van der Waals surface area contributed by atoms with Crippen molar-refractivity contribution < 1.29 is 9.59 Å². The zero-order valence-electron chi connectivity index (χ0n) is 11.1. The maximum atomic E-state index is 12.3. The van der Waals surface area contributed by atoms with Gasteiger partial charge in [-0.15, -0.1) is 0 Å². The summed E-state index contributed by atoms with van der Waals surface area (Å²) in [7, 11) is -1.45. The van der Waals surface area contributed by atoms with Gasteiger partial charge in [-0.3, -0.25) is 14.5 Å². The minimum atomic E-state index is -1.45. The third-order valence-corrected chi connectivity index (χ3v) is 4.34. The van der Waals surface area contributed by atoms with E-state index in [1.807, 2.05) is 30.3 Å². The van der Waals surface area contributed by atoms with Crippen LogP contribution in [0.4, 0.5) is 0 Å². The molecule has 96 valence electrons. The summed E-state index contributed by atoms with van der Waals surface area (Å²) in [5.41, 5.74) is 0.953. The number of hydrogen-bond acceptors (Lipinski definition) is 2. The Kier molecular flexibility index (Phi) is 3.39. The van der Waals surface area contributed by atoms with Crippen LogP contribution in [0.5, 0.6) is 0 Å². The minimum absolute atomic E-state index is 0.0173. The first kappa shape index (κ1) is 13.0.